The van der Waals surface area contributed by atoms with Gasteiger partial charge in [-0.05, 0) is 48.9 Å². The Kier molecular flexibility index (Phi) is 5.30. The van der Waals surface area contributed by atoms with Crippen LogP contribution in [0.5, 0.6) is 0 Å². The van der Waals surface area contributed by atoms with Crippen LogP contribution >= 0.6 is 23.1 Å². The van der Waals surface area contributed by atoms with E-state index in [2.05, 4.69) is 22.8 Å². The van der Waals surface area contributed by atoms with Crippen LogP contribution in [0.25, 0.3) is 0 Å². The Bertz CT molecular complexity index is 408. The van der Waals surface area contributed by atoms with Crippen molar-refractivity contribution < 1.29 is 9.90 Å². The van der Waals surface area contributed by atoms with Crippen molar-refractivity contribution in [3.05, 3.63) is 17.5 Å². The van der Waals surface area contributed by atoms with E-state index in [1.165, 1.54) is 4.21 Å². The maximum absolute atomic E-state index is 11.6. The number of thiophene rings is 1. The van der Waals surface area contributed by atoms with E-state index >= 15 is 0 Å². The van der Waals surface area contributed by atoms with Crippen LogP contribution in [0.4, 0.5) is 0 Å². The minimum atomic E-state index is -0.676. The number of hydrogen-bond donors (Lipinski definition) is 2. The second kappa shape index (κ2) is 6.77. The third kappa shape index (κ3) is 3.33. The Morgan fingerprint density at radius 2 is 2.53 bits per heavy atom. The number of rotatable bonds is 7. The van der Waals surface area contributed by atoms with Crippen molar-refractivity contribution in [2.24, 2.45) is 5.92 Å². The Labute approximate surface area is 122 Å². The molecule has 1 saturated carbocycles. The van der Waals surface area contributed by atoms with Gasteiger partial charge in [0.2, 0.25) is 0 Å². The summed E-state index contributed by atoms with van der Waals surface area (Å²) in [7, 11) is 0. The number of aliphatic carboxylic acids is 1. The van der Waals surface area contributed by atoms with Crippen LogP contribution in [0, 0.1) is 5.92 Å². The number of thioether (sulfide) groups is 1. The molecule has 0 aromatic carbocycles. The molecule has 5 heteroatoms. The lowest BCUT2D eigenvalue weighted by molar-refractivity contribution is -0.146. The van der Waals surface area contributed by atoms with E-state index in [-0.39, 0.29) is 5.92 Å². The van der Waals surface area contributed by atoms with Crippen LogP contribution in [0.2, 0.25) is 0 Å². The summed E-state index contributed by atoms with van der Waals surface area (Å²) in [6, 6.07) is 4.18. The number of carboxylic acids is 1. The molecule has 1 aliphatic carbocycles. The normalized spacial score (nSPS) is 26.7. The van der Waals surface area contributed by atoms with Crippen molar-refractivity contribution in [3.63, 3.8) is 0 Å². The third-order valence-corrected chi connectivity index (χ3v) is 6.06. The van der Waals surface area contributed by atoms with E-state index < -0.39 is 11.5 Å². The molecule has 2 N–H and O–H groups in total. The number of carboxylic acid groups (broad SMARTS) is 1. The van der Waals surface area contributed by atoms with Gasteiger partial charge >= 0.3 is 5.97 Å². The maximum Gasteiger partial charge on any atom is 0.324 e. The molecule has 19 heavy (non-hydrogen) atoms. The van der Waals surface area contributed by atoms with Gasteiger partial charge in [0.25, 0.3) is 0 Å². The molecule has 0 radical (unpaired) electrons. The van der Waals surface area contributed by atoms with Crippen LogP contribution in [0.1, 0.15) is 32.6 Å². The molecule has 1 fully saturated rings. The molecule has 2 rings (SSSR count). The Morgan fingerprint density at radius 3 is 3.16 bits per heavy atom. The molecule has 2 unspecified atom stereocenters. The number of likely N-dealkylation sites (N-methyl/N-ethyl adjacent to an activating group) is 1. The average molecular weight is 299 g/mol. The Balaban J connectivity index is 1.92. The largest absolute Gasteiger partial charge is 0.480 e. The van der Waals surface area contributed by atoms with Crippen LogP contribution in [-0.2, 0) is 4.79 Å². The lowest BCUT2D eigenvalue weighted by atomic mass is 9.85. The Hall–Kier alpha value is -0.520. The standard InChI is InChI=1S/C14H21NO2S2/c1-2-15-14(13(16)17)8-3-5-11(14)7-10-19-12-6-4-9-18-12/h4,6,9,11,15H,2-3,5,7-8,10H2,1H3,(H,16,17). The molecule has 1 heterocycles. The summed E-state index contributed by atoms with van der Waals surface area (Å²) >= 11 is 3.60. The van der Waals surface area contributed by atoms with E-state index in [0.29, 0.717) is 0 Å². The molecule has 0 aliphatic heterocycles. The molecule has 0 saturated heterocycles. The van der Waals surface area contributed by atoms with Gasteiger partial charge in [0.1, 0.15) is 5.54 Å². The van der Waals surface area contributed by atoms with Gasteiger partial charge < -0.3 is 10.4 Å². The first-order chi connectivity index (χ1) is 9.19. The fourth-order valence-corrected chi connectivity index (χ4v) is 4.94. The number of carbonyl (C=O) groups is 1. The summed E-state index contributed by atoms with van der Waals surface area (Å²) < 4.78 is 1.32. The highest BCUT2D eigenvalue weighted by Crippen LogP contribution is 2.39. The summed E-state index contributed by atoms with van der Waals surface area (Å²) in [5.41, 5.74) is -0.676. The molecule has 1 aliphatic rings. The molecule has 3 nitrogen and oxygen atoms in total. The summed E-state index contributed by atoms with van der Waals surface area (Å²) in [6.07, 6.45) is 3.80. The molecule has 1 aromatic rings. The topological polar surface area (TPSA) is 49.3 Å². The first-order valence-electron chi connectivity index (χ1n) is 6.84. The van der Waals surface area contributed by atoms with Crippen LogP contribution < -0.4 is 5.32 Å². The Morgan fingerprint density at radius 1 is 1.68 bits per heavy atom. The highest BCUT2D eigenvalue weighted by Gasteiger charge is 2.48. The quantitative estimate of drug-likeness (QED) is 0.757. The summed E-state index contributed by atoms with van der Waals surface area (Å²) in [4.78, 5) is 11.6. The third-order valence-electron chi connectivity index (χ3n) is 3.90. The van der Waals surface area contributed by atoms with Gasteiger partial charge in [0, 0.05) is 0 Å². The molecule has 0 bridgehead atoms. The van der Waals surface area contributed by atoms with E-state index in [9.17, 15) is 9.90 Å². The van der Waals surface area contributed by atoms with Gasteiger partial charge in [0.15, 0.2) is 0 Å². The number of nitrogens with one attached hydrogen (secondary N) is 1. The second-order valence-electron chi connectivity index (χ2n) is 4.97. The SMILES string of the molecule is CCNC1(C(=O)O)CCCC1CCSc1cccs1. The van der Waals surface area contributed by atoms with Crippen molar-refractivity contribution in [2.75, 3.05) is 12.3 Å². The van der Waals surface area contributed by atoms with Crippen molar-refractivity contribution >= 4 is 29.1 Å². The summed E-state index contributed by atoms with van der Waals surface area (Å²) in [5, 5.41) is 14.9. The monoisotopic (exact) mass is 299 g/mol. The van der Waals surface area contributed by atoms with E-state index in [0.717, 1.165) is 38.0 Å². The zero-order chi connectivity index (χ0) is 13.7. The summed E-state index contributed by atoms with van der Waals surface area (Å²) in [5.74, 6) is 0.599. The lowest BCUT2D eigenvalue weighted by Gasteiger charge is -2.32. The average Bonchev–Trinajstić information content (AvgIpc) is 3.01. The second-order valence-corrected chi connectivity index (χ2v) is 7.31. The van der Waals surface area contributed by atoms with E-state index in [1.807, 2.05) is 18.7 Å². The predicted octanol–water partition coefficient (Wildman–Crippen LogP) is 3.46. The van der Waals surface area contributed by atoms with Crippen molar-refractivity contribution in [1.82, 2.24) is 5.32 Å². The minimum Gasteiger partial charge on any atom is -0.480 e. The highest BCUT2D eigenvalue weighted by atomic mass is 32.2. The smallest absolute Gasteiger partial charge is 0.324 e. The molecule has 1 aromatic heterocycles. The van der Waals surface area contributed by atoms with Gasteiger partial charge in [-0.2, -0.15) is 0 Å². The molecular formula is C14H21NO2S2. The molecule has 0 amide bonds. The van der Waals surface area contributed by atoms with Gasteiger partial charge in [0.05, 0.1) is 4.21 Å². The van der Waals surface area contributed by atoms with Crippen molar-refractivity contribution in [3.8, 4) is 0 Å². The van der Waals surface area contributed by atoms with Gasteiger partial charge in [-0.25, -0.2) is 0 Å². The fourth-order valence-electron chi connectivity index (χ4n) is 3.02. The summed E-state index contributed by atoms with van der Waals surface area (Å²) in [6.45, 7) is 2.71. The zero-order valence-corrected chi connectivity index (χ0v) is 12.9. The van der Waals surface area contributed by atoms with Gasteiger partial charge in [-0.1, -0.05) is 19.4 Å². The fraction of sp³-hybridized carbons (Fsp3) is 0.643. The van der Waals surface area contributed by atoms with E-state index in [4.69, 9.17) is 0 Å². The molecule has 106 valence electrons. The van der Waals surface area contributed by atoms with Crippen molar-refractivity contribution in [2.45, 2.75) is 42.4 Å². The zero-order valence-electron chi connectivity index (χ0n) is 11.2. The first kappa shape index (κ1) is 14.9. The van der Waals surface area contributed by atoms with Gasteiger partial charge in [-0.3, -0.25) is 4.79 Å². The molecular weight excluding hydrogens is 278 g/mol. The molecule has 2 atom stereocenters. The maximum atomic E-state index is 11.6. The minimum absolute atomic E-state index is 0.261. The molecule has 0 spiro atoms. The van der Waals surface area contributed by atoms with Crippen LogP contribution in [0.3, 0.4) is 0 Å². The highest BCUT2D eigenvalue weighted by molar-refractivity contribution is 8.01. The first-order valence-corrected chi connectivity index (χ1v) is 8.70. The van der Waals surface area contributed by atoms with Crippen molar-refractivity contribution in [1.29, 1.82) is 0 Å². The van der Waals surface area contributed by atoms with E-state index in [1.54, 1.807) is 11.3 Å². The number of hydrogen-bond acceptors (Lipinski definition) is 4. The lowest BCUT2D eigenvalue weighted by Crippen LogP contribution is -2.54. The van der Waals surface area contributed by atoms with Crippen LogP contribution in [-0.4, -0.2) is 28.9 Å². The predicted molar refractivity (Wildman–Crippen MR) is 81.0 cm³/mol. The van der Waals surface area contributed by atoms with Gasteiger partial charge in [-0.15, -0.1) is 23.1 Å². The van der Waals surface area contributed by atoms with Crippen LogP contribution in [0.15, 0.2) is 21.7 Å².